The van der Waals surface area contributed by atoms with Crippen molar-refractivity contribution in [1.29, 1.82) is 0 Å². The van der Waals surface area contributed by atoms with Crippen LogP contribution in [0, 0.1) is 0 Å². The summed E-state index contributed by atoms with van der Waals surface area (Å²) in [6.07, 6.45) is 5.82. The van der Waals surface area contributed by atoms with Crippen LogP contribution in [-0.2, 0) is 25.9 Å². The number of nitrogens with zero attached hydrogens (tertiary/aromatic N) is 9. The first-order chi connectivity index (χ1) is 15.8. The van der Waals surface area contributed by atoms with Crippen molar-refractivity contribution in [3.05, 3.63) is 64.1 Å². The van der Waals surface area contributed by atoms with Crippen molar-refractivity contribution >= 4 is 23.1 Å². The summed E-state index contributed by atoms with van der Waals surface area (Å²) in [6, 6.07) is 8.23. The molecule has 32 heavy (non-hydrogen) atoms. The van der Waals surface area contributed by atoms with E-state index in [9.17, 15) is 0 Å². The van der Waals surface area contributed by atoms with Crippen LogP contribution in [0.25, 0.3) is 0 Å². The Labute approximate surface area is 194 Å². The summed E-state index contributed by atoms with van der Waals surface area (Å²) in [6.45, 7) is 3.51. The van der Waals surface area contributed by atoms with E-state index in [0.717, 1.165) is 61.6 Å². The second kappa shape index (κ2) is 9.88. The minimum Gasteiger partial charge on any atom is -0.309 e. The number of tetrazole rings is 1. The number of likely N-dealkylation sites (tertiary alicyclic amines) is 1. The largest absolute Gasteiger partial charge is 0.309 e. The first-order valence-electron chi connectivity index (χ1n) is 10.7. The molecule has 0 unspecified atom stereocenters. The Morgan fingerprint density at radius 2 is 2.00 bits per heavy atom. The highest BCUT2D eigenvalue weighted by molar-refractivity contribution is 7.98. The third-order valence-corrected chi connectivity index (χ3v) is 7.72. The van der Waals surface area contributed by atoms with Gasteiger partial charge in [0.25, 0.3) is 0 Å². The van der Waals surface area contributed by atoms with Gasteiger partial charge in [-0.1, -0.05) is 23.9 Å². The van der Waals surface area contributed by atoms with Gasteiger partial charge in [-0.2, -0.15) is 0 Å². The molecule has 4 aromatic heterocycles. The van der Waals surface area contributed by atoms with Crippen LogP contribution in [0.5, 0.6) is 0 Å². The molecule has 0 spiro atoms. The Morgan fingerprint density at radius 3 is 2.78 bits per heavy atom. The Morgan fingerprint density at radius 1 is 1.09 bits per heavy atom. The fourth-order valence-corrected chi connectivity index (χ4v) is 5.54. The molecule has 4 aromatic rings. The lowest BCUT2D eigenvalue weighted by molar-refractivity contribution is 0.193. The van der Waals surface area contributed by atoms with E-state index in [1.165, 1.54) is 10.4 Å². The Hall–Kier alpha value is -2.63. The van der Waals surface area contributed by atoms with Crippen molar-refractivity contribution in [1.82, 2.24) is 44.9 Å². The van der Waals surface area contributed by atoms with E-state index in [2.05, 4.69) is 70.8 Å². The van der Waals surface area contributed by atoms with E-state index in [1.54, 1.807) is 29.3 Å². The molecule has 1 aliphatic rings. The zero-order valence-corrected chi connectivity index (χ0v) is 19.5. The number of thioether (sulfide) groups is 1. The molecule has 5 rings (SSSR count). The first kappa shape index (κ1) is 21.2. The maximum absolute atomic E-state index is 4.53. The summed E-state index contributed by atoms with van der Waals surface area (Å²) < 4.78 is 4.06. The van der Waals surface area contributed by atoms with Crippen LogP contribution < -0.4 is 0 Å². The number of rotatable bonds is 8. The van der Waals surface area contributed by atoms with Gasteiger partial charge < -0.3 is 4.57 Å². The monoisotopic (exact) mass is 467 g/mol. The number of piperidine rings is 1. The summed E-state index contributed by atoms with van der Waals surface area (Å²) in [4.78, 5) is 7.87. The van der Waals surface area contributed by atoms with Crippen molar-refractivity contribution in [2.75, 3.05) is 13.1 Å². The van der Waals surface area contributed by atoms with Gasteiger partial charge in [-0.3, -0.25) is 9.88 Å². The molecule has 1 aliphatic heterocycles. The molecule has 0 amide bonds. The molecule has 1 saturated heterocycles. The molecule has 0 radical (unpaired) electrons. The lowest BCUT2D eigenvalue weighted by Crippen LogP contribution is -2.34. The number of aromatic nitrogens is 8. The molecule has 0 aromatic carbocycles. The summed E-state index contributed by atoms with van der Waals surface area (Å²) in [5, 5.41) is 24.4. The van der Waals surface area contributed by atoms with Gasteiger partial charge in [0.2, 0.25) is 0 Å². The topological polar surface area (TPSA) is 90.4 Å². The summed E-state index contributed by atoms with van der Waals surface area (Å²) in [5.41, 5.74) is 1.19. The van der Waals surface area contributed by atoms with E-state index in [0.29, 0.717) is 5.92 Å². The Balaban J connectivity index is 1.15. The molecule has 166 valence electrons. The fraction of sp³-hybridized carbons (Fsp3) is 0.429. The van der Waals surface area contributed by atoms with Crippen molar-refractivity contribution in [3.8, 4) is 0 Å². The molecule has 11 heteroatoms. The maximum Gasteiger partial charge on any atom is 0.191 e. The minimum absolute atomic E-state index is 0.429. The van der Waals surface area contributed by atoms with Crippen LogP contribution in [0.2, 0.25) is 0 Å². The van der Waals surface area contributed by atoms with Gasteiger partial charge >= 0.3 is 0 Å². The fourth-order valence-electron chi connectivity index (χ4n) is 4.00. The molecular weight excluding hydrogens is 442 g/mol. The van der Waals surface area contributed by atoms with E-state index >= 15 is 0 Å². The molecular formula is C21H25N9S2. The highest BCUT2D eigenvalue weighted by atomic mass is 32.2. The molecule has 1 fully saturated rings. The molecule has 0 N–H and O–H groups in total. The smallest absolute Gasteiger partial charge is 0.191 e. The second-order valence-corrected chi connectivity index (χ2v) is 9.91. The molecule has 5 heterocycles. The average Bonchev–Trinajstić information content (AvgIpc) is 3.57. The second-order valence-electron chi connectivity index (χ2n) is 7.93. The van der Waals surface area contributed by atoms with Crippen LogP contribution >= 0.6 is 23.1 Å². The predicted octanol–water partition coefficient (Wildman–Crippen LogP) is 2.98. The van der Waals surface area contributed by atoms with Crippen molar-refractivity contribution in [2.45, 2.75) is 42.8 Å². The lowest BCUT2D eigenvalue weighted by Gasteiger charge is -2.30. The molecule has 9 nitrogen and oxygen atoms in total. The maximum atomic E-state index is 4.53. The van der Waals surface area contributed by atoms with E-state index in [4.69, 9.17) is 0 Å². The van der Waals surface area contributed by atoms with E-state index in [1.807, 2.05) is 16.9 Å². The quantitative estimate of drug-likeness (QED) is 0.365. The minimum atomic E-state index is 0.429. The standard InChI is InChI=1S/C21H25N9S2/c1-28-20(24-25-21(28)32-15-16-4-2-8-22-12-16)17-6-9-29(10-7-17)14-19-23-26-27-30(19)13-18-5-3-11-31-18/h2-5,8,11-12,17H,6-7,9-10,13-15H2,1H3. The first-order valence-corrected chi connectivity index (χ1v) is 12.5. The molecule has 0 atom stereocenters. The van der Waals surface area contributed by atoms with Crippen LogP contribution in [0.4, 0.5) is 0 Å². The lowest BCUT2D eigenvalue weighted by atomic mass is 9.96. The SMILES string of the molecule is Cn1c(SCc2cccnc2)nnc1C1CCN(Cc2nnnn2Cc2cccs2)CC1. The van der Waals surface area contributed by atoms with Gasteiger partial charge in [0.05, 0.1) is 13.1 Å². The van der Waals surface area contributed by atoms with E-state index < -0.39 is 0 Å². The van der Waals surface area contributed by atoms with Crippen molar-refractivity contribution in [3.63, 3.8) is 0 Å². The highest BCUT2D eigenvalue weighted by Crippen LogP contribution is 2.30. The third kappa shape index (κ3) is 4.89. The van der Waals surface area contributed by atoms with Crippen LogP contribution in [0.15, 0.2) is 47.2 Å². The molecule has 0 bridgehead atoms. The summed E-state index contributed by atoms with van der Waals surface area (Å²) in [5.74, 6) is 3.28. The van der Waals surface area contributed by atoms with Gasteiger partial charge in [0.15, 0.2) is 11.0 Å². The van der Waals surface area contributed by atoms with Crippen LogP contribution in [0.3, 0.4) is 0 Å². The normalized spacial score (nSPS) is 15.4. The molecule has 0 saturated carbocycles. The van der Waals surface area contributed by atoms with Crippen molar-refractivity contribution < 1.29 is 0 Å². The number of pyridine rings is 1. The zero-order chi connectivity index (χ0) is 21.8. The molecule has 0 aliphatic carbocycles. The predicted molar refractivity (Wildman–Crippen MR) is 123 cm³/mol. The summed E-state index contributed by atoms with van der Waals surface area (Å²) >= 11 is 3.44. The van der Waals surface area contributed by atoms with Gasteiger partial charge in [-0.25, -0.2) is 4.68 Å². The number of hydrogen-bond donors (Lipinski definition) is 0. The summed E-state index contributed by atoms with van der Waals surface area (Å²) in [7, 11) is 2.08. The van der Waals surface area contributed by atoms with Gasteiger partial charge in [-0.15, -0.1) is 26.6 Å². The van der Waals surface area contributed by atoms with Gasteiger partial charge in [0, 0.05) is 36.0 Å². The number of thiophene rings is 1. The van der Waals surface area contributed by atoms with E-state index in [-0.39, 0.29) is 0 Å². The highest BCUT2D eigenvalue weighted by Gasteiger charge is 2.26. The Kier molecular flexibility index (Phi) is 6.56. The van der Waals surface area contributed by atoms with Gasteiger partial charge in [0.1, 0.15) is 5.82 Å². The zero-order valence-electron chi connectivity index (χ0n) is 17.9. The number of hydrogen-bond acceptors (Lipinski definition) is 9. The Bertz CT molecular complexity index is 1120. The van der Waals surface area contributed by atoms with Gasteiger partial charge in [-0.05, 0) is 59.4 Å². The van der Waals surface area contributed by atoms with Crippen molar-refractivity contribution in [2.24, 2.45) is 7.05 Å². The van der Waals surface area contributed by atoms with Crippen LogP contribution in [-0.4, -0.2) is 57.9 Å². The average molecular weight is 468 g/mol. The van der Waals surface area contributed by atoms with Crippen LogP contribution in [0.1, 0.15) is 40.8 Å². The third-order valence-electron chi connectivity index (χ3n) is 5.77.